The summed E-state index contributed by atoms with van der Waals surface area (Å²) in [6.07, 6.45) is 0. The van der Waals surface area contributed by atoms with Gasteiger partial charge < -0.3 is 9.47 Å². The average molecular weight is 312 g/mol. The molecule has 4 nitrogen and oxygen atoms in total. The Kier molecular flexibility index (Phi) is 7.66. The number of rotatable bonds is 7. The predicted octanol–water partition coefficient (Wildman–Crippen LogP) is 2.18. The van der Waals surface area contributed by atoms with Gasteiger partial charge in [0.15, 0.2) is 0 Å². The molecule has 74 valence electrons. The molecule has 0 aliphatic rings. The zero-order valence-electron chi connectivity index (χ0n) is 6.66. The summed E-state index contributed by atoms with van der Waals surface area (Å²) in [6, 6.07) is 0. The molecule has 0 fully saturated rings. The molecule has 12 heavy (non-hydrogen) atoms. The zero-order valence-corrected chi connectivity index (χ0v) is 9.72. The first-order chi connectivity index (χ1) is 5.56. The molecule has 0 spiro atoms. The van der Waals surface area contributed by atoms with Gasteiger partial charge in [0.05, 0.1) is 48.5 Å². The molecule has 0 saturated carbocycles. The van der Waals surface area contributed by atoms with Crippen molar-refractivity contribution in [1.82, 2.24) is 0 Å². The summed E-state index contributed by atoms with van der Waals surface area (Å²) in [4.78, 5) is 0. The summed E-state index contributed by atoms with van der Waals surface area (Å²) in [5.41, 5.74) is 0. The van der Waals surface area contributed by atoms with Gasteiger partial charge in [0.2, 0.25) is 0 Å². The average Bonchev–Trinajstić information content (AvgIpc) is 1.94. The second-order valence-corrected chi connectivity index (χ2v) is 6.40. The van der Waals surface area contributed by atoms with E-state index in [-0.39, 0.29) is 13.2 Å². The molecule has 0 aromatic heterocycles. The summed E-state index contributed by atoms with van der Waals surface area (Å²) in [7, 11) is 1.56. The van der Waals surface area contributed by atoms with Crippen LogP contribution in [0, 0.1) is 0 Å². The molecule has 0 bridgehead atoms. The molecule has 0 aromatic rings. The largest absolute Gasteiger partial charge is 0.424 e. The van der Waals surface area contributed by atoms with Crippen molar-refractivity contribution >= 4 is 27.4 Å². The van der Waals surface area contributed by atoms with Crippen LogP contribution in [0.3, 0.4) is 0 Å². The summed E-state index contributed by atoms with van der Waals surface area (Å²) in [6.45, 7) is 1.13. The first-order valence-electron chi connectivity index (χ1n) is 3.27. The Morgan fingerprint density at radius 1 is 1.33 bits per heavy atom. The van der Waals surface area contributed by atoms with Crippen molar-refractivity contribution in [3.05, 3.63) is 0 Å². The van der Waals surface area contributed by atoms with Crippen molar-refractivity contribution in [2.45, 2.75) is 0 Å². The van der Waals surface area contributed by atoms with Gasteiger partial charge >= 0.3 is 5.32 Å². The van der Waals surface area contributed by atoms with E-state index < -0.39 is 5.32 Å². The lowest BCUT2D eigenvalue weighted by molar-refractivity contribution is 0.0546. The van der Waals surface area contributed by atoms with E-state index in [1.54, 1.807) is 7.11 Å². The normalized spacial score (nSPS) is 15.9. The molecule has 0 saturated heterocycles. The third kappa shape index (κ3) is 10.8. The van der Waals surface area contributed by atoms with Gasteiger partial charge in [-0.3, -0.25) is 4.52 Å². The topological polar surface area (TPSA) is 44.8 Å². The monoisotopic (exact) mass is 312 g/mol. The van der Waals surface area contributed by atoms with Crippen LogP contribution in [0.1, 0.15) is 0 Å². The molecule has 0 radical (unpaired) electrons. The molecular formula is C5H11FIO4P. The second kappa shape index (κ2) is 7.20. The minimum atomic E-state index is -3.86. The van der Waals surface area contributed by atoms with Crippen LogP contribution in [-0.4, -0.2) is 33.5 Å². The van der Waals surface area contributed by atoms with E-state index in [0.29, 0.717) is 13.2 Å². The van der Waals surface area contributed by atoms with Gasteiger partial charge in [-0.15, -0.1) is 4.20 Å². The van der Waals surface area contributed by atoms with Crippen LogP contribution >= 0.6 is 27.4 Å². The molecule has 0 aliphatic heterocycles. The van der Waals surface area contributed by atoms with Crippen molar-refractivity contribution in [2.75, 3.05) is 33.5 Å². The van der Waals surface area contributed by atoms with E-state index in [4.69, 9.17) is 9.47 Å². The predicted molar refractivity (Wildman–Crippen MR) is 51.4 cm³/mol. The highest BCUT2D eigenvalue weighted by Gasteiger charge is 2.14. The second-order valence-electron chi connectivity index (χ2n) is 1.85. The lowest BCUT2D eigenvalue weighted by Crippen LogP contribution is -2.06. The number of hydrogen-bond acceptors (Lipinski definition) is 4. The standard InChI is InChI=1S/C5H11FIO4P/c1-9-2-3-10-4-5-11-12(6,7)8/h2-5H2,1H3. The quantitative estimate of drug-likeness (QED) is 0.411. The van der Waals surface area contributed by atoms with Crippen molar-refractivity contribution in [1.29, 1.82) is 0 Å². The Hall–Kier alpha value is 0.770. The lowest BCUT2D eigenvalue weighted by atomic mass is 10.7. The van der Waals surface area contributed by atoms with Crippen molar-refractivity contribution in [2.24, 2.45) is 0 Å². The Morgan fingerprint density at radius 3 is 2.42 bits per heavy atom. The van der Waals surface area contributed by atoms with E-state index >= 15 is 0 Å². The van der Waals surface area contributed by atoms with Crippen LogP contribution in [0.25, 0.3) is 0 Å². The van der Waals surface area contributed by atoms with Crippen molar-refractivity contribution in [3.63, 3.8) is 0 Å². The zero-order chi connectivity index (χ0) is 9.45. The van der Waals surface area contributed by atoms with Crippen LogP contribution in [-0.2, 0) is 18.6 Å². The number of hydrogen-bond donors (Lipinski definition) is 0. The highest BCUT2D eigenvalue weighted by Crippen LogP contribution is 2.57. The Morgan fingerprint density at radius 2 is 1.92 bits per heavy atom. The van der Waals surface area contributed by atoms with Gasteiger partial charge in [-0.05, 0) is 0 Å². The maximum absolute atomic E-state index is 12.2. The Balaban J connectivity index is 3.06. The minimum absolute atomic E-state index is 0.000429. The van der Waals surface area contributed by atoms with Gasteiger partial charge in [-0.25, -0.2) is 4.57 Å². The fourth-order valence-corrected chi connectivity index (χ4v) is 1.32. The van der Waals surface area contributed by atoms with Gasteiger partial charge in [-0.2, -0.15) is 0 Å². The molecule has 0 rings (SSSR count). The molecule has 1 unspecified atom stereocenters. The fourth-order valence-electron chi connectivity index (χ4n) is 0.447. The van der Waals surface area contributed by atoms with Crippen LogP contribution in [0.5, 0.6) is 0 Å². The maximum atomic E-state index is 12.2. The third-order valence-electron chi connectivity index (χ3n) is 0.901. The van der Waals surface area contributed by atoms with E-state index in [2.05, 4.69) is 4.52 Å². The van der Waals surface area contributed by atoms with Crippen LogP contribution in [0.2, 0.25) is 0 Å². The molecule has 0 N–H and O–H groups in total. The van der Waals surface area contributed by atoms with Crippen LogP contribution in [0.15, 0.2) is 0 Å². The van der Waals surface area contributed by atoms with Crippen LogP contribution < -0.4 is 0 Å². The van der Waals surface area contributed by atoms with Crippen molar-refractivity contribution < 1.29 is 22.8 Å². The van der Waals surface area contributed by atoms with Gasteiger partial charge in [0.1, 0.15) is 0 Å². The molecular weight excluding hydrogens is 301 g/mol. The van der Waals surface area contributed by atoms with Crippen molar-refractivity contribution in [3.8, 4) is 0 Å². The van der Waals surface area contributed by atoms with Gasteiger partial charge in [-0.1, -0.05) is 0 Å². The molecule has 7 heteroatoms. The van der Waals surface area contributed by atoms with Gasteiger partial charge in [0.25, 0.3) is 0 Å². The first kappa shape index (κ1) is 12.8. The fraction of sp³-hybridized carbons (Fsp3) is 1.00. The van der Waals surface area contributed by atoms with Crippen LogP contribution in [0.4, 0.5) is 4.20 Å². The Bertz CT molecular complexity index is 150. The molecule has 0 aromatic carbocycles. The SMILES string of the molecule is COCCOCCOP(=O)(F)I. The summed E-state index contributed by atoms with van der Waals surface area (Å²) in [5, 5.41) is -3.86. The third-order valence-corrected chi connectivity index (χ3v) is 2.22. The summed E-state index contributed by atoms with van der Waals surface area (Å²) < 4.78 is 36.5. The molecule has 0 heterocycles. The summed E-state index contributed by atoms with van der Waals surface area (Å²) in [5.74, 6) is 0. The summed E-state index contributed by atoms with van der Waals surface area (Å²) >= 11 is 1.13. The van der Waals surface area contributed by atoms with E-state index in [9.17, 15) is 8.76 Å². The lowest BCUT2D eigenvalue weighted by Gasteiger charge is -2.04. The Labute approximate surface area is 83.8 Å². The molecule has 1 atom stereocenters. The highest BCUT2D eigenvalue weighted by molar-refractivity contribution is 14.2. The smallest absolute Gasteiger partial charge is 0.382 e. The maximum Gasteiger partial charge on any atom is 0.424 e. The first-order valence-corrected chi connectivity index (χ1v) is 7.57. The number of ether oxygens (including phenoxy) is 2. The van der Waals surface area contributed by atoms with E-state index in [1.807, 2.05) is 0 Å². The number of halogens is 2. The number of methoxy groups -OCH3 is 1. The van der Waals surface area contributed by atoms with E-state index in [0.717, 1.165) is 22.0 Å². The van der Waals surface area contributed by atoms with Gasteiger partial charge in [0, 0.05) is 7.11 Å². The highest BCUT2D eigenvalue weighted by atomic mass is 127. The molecule has 0 aliphatic carbocycles. The van der Waals surface area contributed by atoms with E-state index in [1.165, 1.54) is 0 Å². The minimum Gasteiger partial charge on any atom is -0.382 e. The molecule has 0 amide bonds.